The molecule has 21 heavy (non-hydrogen) atoms. The number of rotatable bonds is 6. The fraction of sp³-hybridized carbons (Fsp3) is 0.294. The zero-order valence-corrected chi connectivity index (χ0v) is 12.1. The van der Waals surface area contributed by atoms with Crippen LogP contribution < -0.4 is 5.32 Å². The molecule has 1 amide bonds. The van der Waals surface area contributed by atoms with Crippen molar-refractivity contribution in [3.05, 3.63) is 59.9 Å². The first-order chi connectivity index (χ1) is 10.2. The predicted octanol–water partition coefficient (Wildman–Crippen LogP) is 3.10. The Balaban J connectivity index is 1.88. The van der Waals surface area contributed by atoms with Crippen molar-refractivity contribution in [3.8, 4) is 0 Å². The lowest BCUT2D eigenvalue weighted by molar-refractivity contribution is -0.116. The lowest BCUT2D eigenvalue weighted by Gasteiger charge is -2.12. The first-order valence-corrected chi connectivity index (χ1v) is 7.09. The van der Waals surface area contributed by atoms with Crippen LogP contribution in [0.5, 0.6) is 0 Å². The molecule has 0 aliphatic rings. The van der Waals surface area contributed by atoms with Crippen LogP contribution in [-0.4, -0.2) is 16.0 Å². The minimum Gasteiger partial charge on any atom is -0.392 e. The van der Waals surface area contributed by atoms with E-state index in [1.165, 1.54) is 5.56 Å². The molecular formula is C17H20N2O2. The molecule has 110 valence electrons. The fourth-order valence-electron chi connectivity index (χ4n) is 2.18. The number of anilines is 1. The van der Waals surface area contributed by atoms with Crippen LogP contribution in [0.25, 0.3) is 0 Å². The van der Waals surface area contributed by atoms with E-state index in [-0.39, 0.29) is 12.5 Å². The second-order valence-corrected chi connectivity index (χ2v) is 5.09. The van der Waals surface area contributed by atoms with Gasteiger partial charge in [-0.2, -0.15) is 0 Å². The predicted molar refractivity (Wildman–Crippen MR) is 82.9 cm³/mol. The Morgan fingerprint density at radius 2 is 2.05 bits per heavy atom. The minimum absolute atomic E-state index is 0.0551. The van der Waals surface area contributed by atoms with Crippen molar-refractivity contribution in [1.82, 2.24) is 4.98 Å². The van der Waals surface area contributed by atoms with E-state index in [0.717, 1.165) is 6.42 Å². The Kier molecular flexibility index (Phi) is 5.46. The maximum absolute atomic E-state index is 12.0. The van der Waals surface area contributed by atoms with Crippen LogP contribution in [0.4, 0.5) is 5.69 Å². The number of hydrogen-bond acceptors (Lipinski definition) is 3. The molecular weight excluding hydrogens is 264 g/mol. The van der Waals surface area contributed by atoms with Gasteiger partial charge in [-0.1, -0.05) is 37.3 Å². The standard InChI is InChI=1S/C17H20N2O2/c1-13(14-5-3-2-4-6-14)7-8-17(21)19-16-11-18-10-9-15(16)12-20/h2-6,9-11,13,20H,7-8,12H2,1H3,(H,19,21). The van der Waals surface area contributed by atoms with Crippen LogP contribution in [0, 0.1) is 0 Å². The number of carbonyl (C=O) groups excluding carboxylic acids is 1. The van der Waals surface area contributed by atoms with Crippen molar-refractivity contribution in [3.63, 3.8) is 0 Å². The first-order valence-electron chi connectivity index (χ1n) is 7.09. The Hall–Kier alpha value is -2.20. The maximum Gasteiger partial charge on any atom is 0.224 e. The van der Waals surface area contributed by atoms with E-state index in [1.807, 2.05) is 18.2 Å². The third-order valence-electron chi connectivity index (χ3n) is 3.53. The Labute approximate surface area is 124 Å². The van der Waals surface area contributed by atoms with Crippen LogP contribution in [0.2, 0.25) is 0 Å². The topological polar surface area (TPSA) is 62.2 Å². The van der Waals surface area contributed by atoms with E-state index in [9.17, 15) is 9.90 Å². The molecule has 0 spiro atoms. The van der Waals surface area contributed by atoms with E-state index in [4.69, 9.17) is 0 Å². The summed E-state index contributed by atoms with van der Waals surface area (Å²) in [5, 5.41) is 12.0. The van der Waals surface area contributed by atoms with Gasteiger partial charge in [0.1, 0.15) is 0 Å². The minimum atomic E-state index is -0.113. The van der Waals surface area contributed by atoms with E-state index < -0.39 is 0 Å². The van der Waals surface area contributed by atoms with Crippen molar-refractivity contribution < 1.29 is 9.90 Å². The lowest BCUT2D eigenvalue weighted by atomic mass is 9.96. The van der Waals surface area contributed by atoms with Gasteiger partial charge in [-0.15, -0.1) is 0 Å². The summed E-state index contributed by atoms with van der Waals surface area (Å²) < 4.78 is 0. The van der Waals surface area contributed by atoms with Gasteiger partial charge in [0.2, 0.25) is 5.91 Å². The summed E-state index contributed by atoms with van der Waals surface area (Å²) in [4.78, 5) is 16.0. The lowest BCUT2D eigenvalue weighted by Crippen LogP contribution is -2.14. The molecule has 0 radical (unpaired) electrons. The number of pyridine rings is 1. The maximum atomic E-state index is 12.0. The average Bonchev–Trinajstić information content (AvgIpc) is 2.54. The number of carbonyl (C=O) groups is 1. The SMILES string of the molecule is CC(CCC(=O)Nc1cnccc1CO)c1ccccc1. The van der Waals surface area contributed by atoms with Crippen LogP contribution in [-0.2, 0) is 11.4 Å². The molecule has 0 saturated heterocycles. The summed E-state index contributed by atoms with van der Waals surface area (Å²) in [7, 11) is 0. The molecule has 0 fully saturated rings. The van der Waals surface area contributed by atoms with Crippen LogP contribution >= 0.6 is 0 Å². The Morgan fingerprint density at radius 1 is 1.29 bits per heavy atom. The van der Waals surface area contributed by atoms with Crippen LogP contribution in [0.15, 0.2) is 48.8 Å². The van der Waals surface area contributed by atoms with Crippen molar-refractivity contribution in [2.24, 2.45) is 0 Å². The fourth-order valence-corrected chi connectivity index (χ4v) is 2.18. The summed E-state index contributed by atoms with van der Waals surface area (Å²) in [6.45, 7) is 2.00. The van der Waals surface area contributed by atoms with Crippen molar-refractivity contribution in [2.45, 2.75) is 32.3 Å². The van der Waals surface area contributed by atoms with Gasteiger partial charge < -0.3 is 10.4 Å². The van der Waals surface area contributed by atoms with E-state index in [0.29, 0.717) is 23.6 Å². The van der Waals surface area contributed by atoms with Gasteiger partial charge in [0.05, 0.1) is 18.5 Å². The molecule has 0 aliphatic heterocycles. The molecule has 2 N–H and O–H groups in total. The summed E-state index contributed by atoms with van der Waals surface area (Å²) in [5.74, 6) is 0.281. The third kappa shape index (κ3) is 4.39. The van der Waals surface area contributed by atoms with Crippen molar-refractivity contribution in [2.75, 3.05) is 5.32 Å². The Morgan fingerprint density at radius 3 is 2.76 bits per heavy atom. The molecule has 1 heterocycles. The first kappa shape index (κ1) is 15.2. The quantitative estimate of drug-likeness (QED) is 0.856. The highest BCUT2D eigenvalue weighted by molar-refractivity contribution is 5.91. The van der Waals surface area contributed by atoms with Crippen molar-refractivity contribution >= 4 is 11.6 Å². The second-order valence-electron chi connectivity index (χ2n) is 5.09. The summed E-state index contributed by atoms with van der Waals surface area (Å²) >= 11 is 0. The number of aliphatic hydroxyl groups excluding tert-OH is 1. The second kappa shape index (κ2) is 7.55. The molecule has 2 rings (SSSR count). The number of benzene rings is 1. The molecule has 4 nitrogen and oxygen atoms in total. The van der Waals surface area contributed by atoms with Crippen LogP contribution in [0.3, 0.4) is 0 Å². The number of hydrogen-bond donors (Lipinski definition) is 2. The van der Waals surface area contributed by atoms with E-state index >= 15 is 0 Å². The van der Waals surface area contributed by atoms with Gasteiger partial charge in [-0.25, -0.2) is 0 Å². The molecule has 1 aromatic carbocycles. The number of aromatic nitrogens is 1. The molecule has 4 heteroatoms. The van der Waals surface area contributed by atoms with Gasteiger partial charge in [0.25, 0.3) is 0 Å². The molecule has 1 unspecified atom stereocenters. The van der Waals surface area contributed by atoms with Crippen molar-refractivity contribution in [1.29, 1.82) is 0 Å². The molecule has 1 atom stereocenters. The molecule has 1 aromatic heterocycles. The monoisotopic (exact) mass is 284 g/mol. The van der Waals surface area contributed by atoms with Gasteiger partial charge in [0.15, 0.2) is 0 Å². The Bertz CT molecular complexity index is 584. The van der Waals surface area contributed by atoms with Gasteiger partial charge in [-0.05, 0) is 24.0 Å². The average molecular weight is 284 g/mol. The largest absolute Gasteiger partial charge is 0.392 e. The number of aliphatic hydroxyl groups is 1. The summed E-state index contributed by atoms with van der Waals surface area (Å²) in [5.41, 5.74) is 2.49. The zero-order valence-electron chi connectivity index (χ0n) is 12.1. The highest BCUT2D eigenvalue weighted by Gasteiger charge is 2.10. The number of nitrogens with one attached hydrogen (secondary N) is 1. The van der Waals surface area contributed by atoms with E-state index in [1.54, 1.807) is 18.5 Å². The van der Waals surface area contributed by atoms with Crippen LogP contribution in [0.1, 0.15) is 36.8 Å². The molecule has 0 saturated carbocycles. The van der Waals surface area contributed by atoms with E-state index in [2.05, 4.69) is 29.4 Å². The van der Waals surface area contributed by atoms with Gasteiger partial charge in [-0.3, -0.25) is 9.78 Å². The zero-order chi connectivity index (χ0) is 15.1. The van der Waals surface area contributed by atoms with Gasteiger partial charge in [0, 0.05) is 18.2 Å². The third-order valence-corrected chi connectivity index (χ3v) is 3.53. The summed E-state index contributed by atoms with van der Waals surface area (Å²) in [6.07, 6.45) is 4.38. The smallest absolute Gasteiger partial charge is 0.224 e. The van der Waals surface area contributed by atoms with Gasteiger partial charge >= 0.3 is 0 Å². The molecule has 2 aromatic rings. The summed E-state index contributed by atoms with van der Waals surface area (Å²) in [6, 6.07) is 11.9. The highest BCUT2D eigenvalue weighted by Crippen LogP contribution is 2.21. The molecule has 0 aliphatic carbocycles. The molecule has 0 bridgehead atoms. The highest BCUT2D eigenvalue weighted by atomic mass is 16.3. The number of amides is 1. The normalized spacial score (nSPS) is 11.9. The number of nitrogens with zero attached hydrogens (tertiary/aromatic N) is 1.